The Kier molecular flexibility index (Phi) is 7.66. The number of anilines is 2. The molecule has 0 aliphatic heterocycles. The Balaban J connectivity index is 1.77. The lowest BCUT2D eigenvalue weighted by Crippen LogP contribution is -2.23. The van der Waals surface area contributed by atoms with Gasteiger partial charge in [0.1, 0.15) is 0 Å². The molecular formula is C22H22ClN5O3S. The van der Waals surface area contributed by atoms with Crippen molar-refractivity contribution in [3.05, 3.63) is 63.4 Å². The predicted octanol–water partition coefficient (Wildman–Crippen LogP) is 4.26. The number of thioether (sulfide) groups is 1. The van der Waals surface area contributed by atoms with Gasteiger partial charge in [0.15, 0.2) is 10.9 Å². The van der Waals surface area contributed by atoms with E-state index < -0.39 is 10.8 Å². The Hall–Kier alpha value is -3.17. The molecule has 1 heterocycles. The van der Waals surface area contributed by atoms with Crippen molar-refractivity contribution >= 4 is 46.6 Å². The van der Waals surface area contributed by atoms with Crippen LogP contribution < -0.4 is 16.2 Å². The first kappa shape index (κ1) is 23.5. The summed E-state index contributed by atoms with van der Waals surface area (Å²) in [5.74, 6) is -0.431. The molecule has 3 aromatic rings. The van der Waals surface area contributed by atoms with Gasteiger partial charge in [-0.25, -0.2) is 0 Å². The maximum atomic E-state index is 12.7. The Morgan fingerprint density at radius 3 is 2.50 bits per heavy atom. The van der Waals surface area contributed by atoms with E-state index in [4.69, 9.17) is 11.6 Å². The van der Waals surface area contributed by atoms with Crippen molar-refractivity contribution in [2.45, 2.75) is 37.6 Å². The lowest BCUT2D eigenvalue weighted by molar-refractivity contribution is -0.116. The zero-order valence-corrected chi connectivity index (χ0v) is 19.3. The number of carbonyl (C=O) groups excluding carboxylic acids is 2. The number of aromatic amines is 1. The summed E-state index contributed by atoms with van der Waals surface area (Å²) in [5.41, 5.74) is 2.10. The number of benzene rings is 2. The average Bonchev–Trinajstić information content (AvgIpc) is 2.76. The van der Waals surface area contributed by atoms with Gasteiger partial charge in [-0.1, -0.05) is 41.9 Å². The molecule has 2 amide bonds. The second-order valence-corrected chi connectivity index (χ2v) is 8.78. The SMILES string of the molecule is CCC(=O)Nc1ccc(C)cc1-c1nnc(S[C@@H](C)C(=O)Nc2ccc(Cl)cc2)[nH]c1=O. The molecule has 1 aromatic heterocycles. The Morgan fingerprint density at radius 2 is 1.84 bits per heavy atom. The number of amides is 2. The fourth-order valence-electron chi connectivity index (χ4n) is 2.75. The van der Waals surface area contributed by atoms with Crippen LogP contribution in [-0.2, 0) is 9.59 Å². The summed E-state index contributed by atoms with van der Waals surface area (Å²) >= 11 is 6.93. The third-order valence-corrected chi connectivity index (χ3v) is 5.70. The van der Waals surface area contributed by atoms with Crippen LogP contribution in [-0.4, -0.2) is 32.2 Å². The summed E-state index contributed by atoms with van der Waals surface area (Å²) < 4.78 is 0. The summed E-state index contributed by atoms with van der Waals surface area (Å²) in [6.45, 7) is 5.32. The van der Waals surface area contributed by atoms with Gasteiger partial charge in [0.05, 0.1) is 10.9 Å². The maximum absolute atomic E-state index is 12.7. The van der Waals surface area contributed by atoms with Crippen LogP contribution in [0.2, 0.25) is 5.02 Å². The Morgan fingerprint density at radius 1 is 1.12 bits per heavy atom. The molecule has 0 saturated heterocycles. The molecule has 0 aliphatic carbocycles. The van der Waals surface area contributed by atoms with Crippen LogP contribution in [0.4, 0.5) is 11.4 Å². The predicted molar refractivity (Wildman–Crippen MR) is 127 cm³/mol. The smallest absolute Gasteiger partial charge is 0.278 e. The number of hydrogen-bond acceptors (Lipinski definition) is 6. The minimum Gasteiger partial charge on any atom is -0.325 e. The molecule has 0 fully saturated rings. The normalized spacial score (nSPS) is 11.6. The van der Waals surface area contributed by atoms with Gasteiger partial charge in [-0.05, 0) is 50.2 Å². The zero-order valence-electron chi connectivity index (χ0n) is 17.7. The van der Waals surface area contributed by atoms with Gasteiger partial charge in [-0.2, -0.15) is 0 Å². The van der Waals surface area contributed by atoms with Crippen molar-refractivity contribution in [2.75, 3.05) is 10.6 Å². The fourth-order valence-corrected chi connectivity index (χ4v) is 3.62. The van der Waals surface area contributed by atoms with Crippen LogP contribution in [0.5, 0.6) is 0 Å². The minimum absolute atomic E-state index is 0.0859. The van der Waals surface area contributed by atoms with E-state index >= 15 is 0 Å². The third kappa shape index (κ3) is 5.95. The quantitative estimate of drug-likeness (QED) is 0.443. The second kappa shape index (κ2) is 10.4. The van der Waals surface area contributed by atoms with Crippen LogP contribution in [0.1, 0.15) is 25.8 Å². The molecule has 3 rings (SSSR count). The average molecular weight is 472 g/mol. The molecule has 0 unspecified atom stereocenters. The molecule has 2 aromatic carbocycles. The maximum Gasteiger partial charge on any atom is 0.278 e. The molecule has 0 bridgehead atoms. The first-order valence-electron chi connectivity index (χ1n) is 9.87. The fraction of sp³-hybridized carbons (Fsp3) is 0.227. The standard InChI is InChI=1S/C22H22ClN5O3S/c1-4-18(29)25-17-10-5-12(2)11-16(17)19-21(31)26-22(28-27-19)32-13(3)20(30)24-15-8-6-14(23)7-9-15/h5-11,13H,4H2,1-3H3,(H,24,30)(H,25,29)(H,26,28,31)/t13-/m0/s1. The summed E-state index contributed by atoms with van der Waals surface area (Å²) in [4.78, 5) is 39.7. The van der Waals surface area contributed by atoms with Crippen LogP contribution in [0.25, 0.3) is 11.3 Å². The summed E-state index contributed by atoms with van der Waals surface area (Å²) in [6.07, 6.45) is 0.306. The lowest BCUT2D eigenvalue weighted by atomic mass is 10.1. The molecule has 0 radical (unpaired) electrons. The van der Waals surface area contributed by atoms with E-state index in [0.717, 1.165) is 17.3 Å². The molecule has 32 heavy (non-hydrogen) atoms. The Labute approximate surface area is 194 Å². The van der Waals surface area contributed by atoms with Crippen molar-refractivity contribution in [2.24, 2.45) is 0 Å². The van der Waals surface area contributed by atoms with E-state index in [-0.39, 0.29) is 22.7 Å². The highest BCUT2D eigenvalue weighted by atomic mass is 35.5. The van der Waals surface area contributed by atoms with Gasteiger partial charge in [0.25, 0.3) is 5.56 Å². The van der Waals surface area contributed by atoms with Gasteiger partial charge in [0.2, 0.25) is 11.8 Å². The first-order chi connectivity index (χ1) is 15.3. The highest BCUT2D eigenvalue weighted by molar-refractivity contribution is 8.00. The monoisotopic (exact) mass is 471 g/mol. The first-order valence-corrected chi connectivity index (χ1v) is 11.1. The number of nitrogens with one attached hydrogen (secondary N) is 3. The molecule has 0 saturated carbocycles. The highest BCUT2D eigenvalue weighted by Crippen LogP contribution is 2.26. The van der Waals surface area contributed by atoms with E-state index in [1.54, 1.807) is 50.2 Å². The number of hydrogen-bond donors (Lipinski definition) is 3. The summed E-state index contributed by atoms with van der Waals surface area (Å²) in [7, 11) is 0. The Bertz CT molecular complexity index is 1200. The van der Waals surface area contributed by atoms with E-state index in [1.165, 1.54) is 0 Å². The van der Waals surface area contributed by atoms with Crippen molar-refractivity contribution in [1.29, 1.82) is 0 Å². The number of H-pyrrole nitrogens is 1. The number of rotatable bonds is 7. The van der Waals surface area contributed by atoms with E-state index in [2.05, 4.69) is 25.8 Å². The molecule has 1 atom stereocenters. The van der Waals surface area contributed by atoms with Gasteiger partial charge in [-0.3, -0.25) is 19.4 Å². The van der Waals surface area contributed by atoms with Crippen molar-refractivity contribution in [1.82, 2.24) is 15.2 Å². The number of halogens is 1. The molecule has 166 valence electrons. The molecule has 3 N–H and O–H groups in total. The van der Waals surface area contributed by atoms with Crippen LogP contribution in [0.15, 0.2) is 52.4 Å². The van der Waals surface area contributed by atoms with Crippen molar-refractivity contribution < 1.29 is 9.59 Å². The molecule has 8 nitrogen and oxygen atoms in total. The second-order valence-electron chi connectivity index (χ2n) is 7.01. The van der Waals surface area contributed by atoms with Gasteiger partial charge in [0, 0.05) is 22.7 Å². The van der Waals surface area contributed by atoms with E-state index in [1.807, 2.05) is 13.0 Å². The number of aromatic nitrogens is 3. The summed E-state index contributed by atoms with van der Waals surface area (Å²) in [5, 5.41) is 14.0. The molecule has 0 aliphatic rings. The van der Waals surface area contributed by atoms with Crippen LogP contribution in [0.3, 0.4) is 0 Å². The molecule has 0 spiro atoms. The minimum atomic E-state index is -0.542. The largest absolute Gasteiger partial charge is 0.325 e. The number of carbonyl (C=O) groups is 2. The summed E-state index contributed by atoms with van der Waals surface area (Å²) in [6, 6.07) is 12.1. The van der Waals surface area contributed by atoms with E-state index in [9.17, 15) is 14.4 Å². The third-order valence-electron chi connectivity index (χ3n) is 4.47. The van der Waals surface area contributed by atoms with E-state index in [0.29, 0.717) is 28.4 Å². The van der Waals surface area contributed by atoms with Crippen LogP contribution >= 0.6 is 23.4 Å². The number of nitrogens with zero attached hydrogens (tertiary/aromatic N) is 2. The number of aryl methyl sites for hydroxylation is 1. The molecule has 10 heteroatoms. The van der Waals surface area contributed by atoms with Crippen molar-refractivity contribution in [3.8, 4) is 11.3 Å². The van der Waals surface area contributed by atoms with Gasteiger partial charge < -0.3 is 10.6 Å². The van der Waals surface area contributed by atoms with Crippen LogP contribution in [0, 0.1) is 6.92 Å². The topological polar surface area (TPSA) is 117 Å². The van der Waals surface area contributed by atoms with Gasteiger partial charge >= 0.3 is 0 Å². The zero-order chi connectivity index (χ0) is 23.3. The van der Waals surface area contributed by atoms with Crippen molar-refractivity contribution in [3.63, 3.8) is 0 Å². The highest BCUT2D eigenvalue weighted by Gasteiger charge is 2.19. The van der Waals surface area contributed by atoms with Gasteiger partial charge in [-0.15, -0.1) is 10.2 Å². The molecular weight excluding hydrogens is 450 g/mol. The lowest BCUT2D eigenvalue weighted by Gasteiger charge is -2.12.